The first-order valence-corrected chi connectivity index (χ1v) is 5.36. The number of rotatable bonds is 4. The molecule has 0 radical (unpaired) electrons. The van der Waals surface area contributed by atoms with Gasteiger partial charge in [-0.2, -0.15) is 5.10 Å². The van der Waals surface area contributed by atoms with Crippen LogP contribution < -0.4 is 15.9 Å². The molecule has 0 bridgehead atoms. The Hall–Kier alpha value is -1.62. The zero-order valence-electron chi connectivity index (χ0n) is 9.36. The Bertz CT molecular complexity index is 404. The highest BCUT2D eigenvalue weighted by atomic mass is 32.1. The molecule has 3 N–H and O–H groups in total. The van der Waals surface area contributed by atoms with Gasteiger partial charge in [-0.05, 0) is 43.3 Å². The maximum Gasteiger partial charge on any atom is 0.184 e. The summed E-state index contributed by atoms with van der Waals surface area (Å²) in [6.45, 7) is 4.60. The van der Waals surface area contributed by atoms with Gasteiger partial charge in [0.05, 0.1) is 12.8 Å². The number of nitrogens with one attached hydrogen (secondary N) is 1. The SMILES string of the molecule is CCOc1cc(C=NNC(N)=S)ccc1C. The van der Waals surface area contributed by atoms with Gasteiger partial charge in [0.2, 0.25) is 0 Å². The Kier molecular flexibility index (Phi) is 4.72. The molecule has 0 saturated heterocycles. The molecular weight excluding hydrogens is 222 g/mol. The fourth-order valence-corrected chi connectivity index (χ4v) is 1.23. The average molecular weight is 237 g/mol. The van der Waals surface area contributed by atoms with Crippen LogP contribution in [0.1, 0.15) is 18.1 Å². The van der Waals surface area contributed by atoms with Crippen molar-refractivity contribution in [2.24, 2.45) is 10.8 Å². The first-order chi connectivity index (χ1) is 7.63. The fraction of sp³-hybridized carbons (Fsp3) is 0.273. The van der Waals surface area contributed by atoms with E-state index < -0.39 is 0 Å². The van der Waals surface area contributed by atoms with Gasteiger partial charge in [0, 0.05) is 0 Å². The maximum atomic E-state index is 5.47. The van der Waals surface area contributed by atoms with Crippen LogP contribution in [0.4, 0.5) is 0 Å². The summed E-state index contributed by atoms with van der Waals surface area (Å²) in [5, 5.41) is 4.02. The minimum absolute atomic E-state index is 0.147. The Balaban J connectivity index is 2.77. The molecule has 1 aromatic carbocycles. The Morgan fingerprint density at radius 1 is 1.62 bits per heavy atom. The summed E-state index contributed by atoms with van der Waals surface area (Å²) in [5.41, 5.74) is 9.77. The fourth-order valence-electron chi connectivity index (χ4n) is 1.18. The predicted octanol–water partition coefficient (Wildman–Crippen LogP) is 1.56. The second-order valence-corrected chi connectivity index (χ2v) is 3.63. The van der Waals surface area contributed by atoms with Crippen LogP contribution in [0.15, 0.2) is 23.3 Å². The van der Waals surface area contributed by atoms with Crippen molar-refractivity contribution in [3.8, 4) is 5.75 Å². The number of nitrogens with two attached hydrogens (primary N) is 1. The summed E-state index contributed by atoms with van der Waals surface area (Å²) < 4.78 is 5.47. The molecule has 16 heavy (non-hydrogen) atoms. The monoisotopic (exact) mass is 237 g/mol. The lowest BCUT2D eigenvalue weighted by molar-refractivity contribution is 0.338. The van der Waals surface area contributed by atoms with E-state index >= 15 is 0 Å². The van der Waals surface area contributed by atoms with Gasteiger partial charge in [-0.25, -0.2) is 0 Å². The molecule has 0 saturated carbocycles. The Labute approximate surface area is 100 Å². The van der Waals surface area contributed by atoms with Crippen LogP contribution in [-0.4, -0.2) is 17.9 Å². The summed E-state index contributed by atoms with van der Waals surface area (Å²) in [6.07, 6.45) is 1.64. The van der Waals surface area contributed by atoms with E-state index in [2.05, 4.69) is 22.7 Å². The van der Waals surface area contributed by atoms with Crippen molar-refractivity contribution in [2.75, 3.05) is 6.61 Å². The molecule has 0 fully saturated rings. The number of nitrogens with zero attached hydrogens (tertiary/aromatic N) is 1. The van der Waals surface area contributed by atoms with E-state index in [0.717, 1.165) is 16.9 Å². The van der Waals surface area contributed by atoms with Gasteiger partial charge in [0.25, 0.3) is 0 Å². The zero-order chi connectivity index (χ0) is 12.0. The van der Waals surface area contributed by atoms with E-state index in [1.807, 2.05) is 32.0 Å². The highest BCUT2D eigenvalue weighted by Crippen LogP contribution is 2.18. The van der Waals surface area contributed by atoms with Crippen LogP contribution in [0.5, 0.6) is 5.75 Å². The van der Waals surface area contributed by atoms with Crippen LogP contribution in [0, 0.1) is 6.92 Å². The van der Waals surface area contributed by atoms with Gasteiger partial charge >= 0.3 is 0 Å². The third-order valence-corrected chi connectivity index (χ3v) is 1.99. The quantitative estimate of drug-likeness (QED) is 0.474. The van der Waals surface area contributed by atoms with Gasteiger partial charge in [-0.15, -0.1) is 0 Å². The molecule has 0 aliphatic heterocycles. The molecule has 0 heterocycles. The minimum Gasteiger partial charge on any atom is -0.494 e. The highest BCUT2D eigenvalue weighted by Gasteiger charge is 1.99. The molecule has 4 nitrogen and oxygen atoms in total. The predicted molar refractivity (Wildman–Crippen MR) is 69.9 cm³/mol. The lowest BCUT2D eigenvalue weighted by Crippen LogP contribution is -2.23. The van der Waals surface area contributed by atoms with Crippen molar-refractivity contribution in [3.05, 3.63) is 29.3 Å². The normalized spacial score (nSPS) is 10.4. The molecule has 86 valence electrons. The van der Waals surface area contributed by atoms with Gasteiger partial charge in [-0.1, -0.05) is 12.1 Å². The molecule has 0 amide bonds. The Morgan fingerprint density at radius 3 is 3.00 bits per heavy atom. The smallest absolute Gasteiger partial charge is 0.184 e. The largest absolute Gasteiger partial charge is 0.494 e. The van der Waals surface area contributed by atoms with Crippen LogP contribution in [-0.2, 0) is 0 Å². The van der Waals surface area contributed by atoms with Crippen molar-refractivity contribution >= 4 is 23.5 Å². The molecule has 0 aliphatic carbocycles. The molecule has 0 atom stereocenters. The number of ether oxygens (including phenoxy) is 1. The molecule has 0 aliphatic rings. The minimum atomic E-state index is 0.147. The Morgan fingerprint density at radius 2 is 2.38 bits per heavy atom. The van der Waals surface area contributed by atoms with Crippen molar-refractivity contribution in [1.29, 1.82) is 0 Å². The van der Waals surface area contributed by atoms with Crippen LogP contribution in [0.3, 0.4) is 0 Å². The number of aryl methyl sites for hydroxylation is 1. The van der Waals surface area contributed by atoms with Gasteiger partial charge in [0.15, 0.2) is 5.11 Å². The maximum absolute atomic E-state index is 5.47. The molecule has 1 aromatic rings. The second-order valence-electron chi connectivity index (χ2n) is 3.19. The zero-order valence-corrected chi connectivity index (χ0v) is 10.2. The van der Waals surface area contributed by atoms with Crippen molar-refractivity contribution in [2.45, 2.75) is 13.8 Å². The van der Waals surface area contributed by atoms with Gasteiger partial charge in [0.1, 0.15) is 5.75 Å². The molecule has 1 rings (SSSR count). The lowest BCUT2D eigenvalue weighted by atomic mass is 10.1. The third-order valence-electron chi connectivity index (χ3n) is 1.90. The number of hydrogen-bond acceptors (Lipinski definition) is 3. The van der Waals surface area contributed by atoms with Crippen molar-refractivity contribution in [1.82, 2.24) is 5.43 Å². The van der Waals surface area contributed by atoms with E-state index in [-0.39, 0.29) is 5.11 Å². The van der Waals surface area contributed by atoms with E-state index in [0.29, 0.717) is 6.61 Å². The summed E-state index contributed by atoms with van der Waals surface area (Å²) in [5.74, 6) is 0.863. The first kappa shape index (κ1) is 12.4. The molecule has 0 aromatic heterocycles. The van der Waals surface area contributed by atoms with Crippen LogP contribution in [0.2, 0.25) is 0 Å². The number of benzene rings is 1. The summed E-state index contributed by atoms with van der Waals surface area (Å²) in [7, 11) is 0. The number of hydrazone groups is 1. The standard InChI is InChI=1S/C11H15N3OS/c1-3-15-10-6-9(5-4-8(10)2)7-13-14-11(12)16/h4-7H,3H2,1-2H3,(H3,12,14,16). The van der Waals surface area contributed by atoms with Crippen molar-refractivity contribution in [3.63, 3.8) is 0 Å². The number of hydrogen-bond donors (Lipinski definition) is 2. The molecule has 0 spiro atoms. The van der Waals surface area contributed by atoms with E-state index in [9.17, 15) is 0 Å². The highest BCUT2D eigenvalue weighted by molar-refractivity contribution is 7.80. The van der Waals surface area contributed by atoms with E-state index in [1.165, 1.54) is 0 Å². The van der Waals surface area contributed by atoms with Crippen LogP contribution in [0.25, 0.3) is 0 Å². The molecular formula is C11H15N3OS. The number of thiocarbonyl (C=S) groups is 1. The van der Waals surface area contributed by atoms with E-state index in [1.54, 1.807) is 6.21 Å². The lowest BCUT2D eigenvalue weighted by Gasteiger charge is -2.07. The summed E-state index contributed by atoms with van der Waals surface area (Å²) in [6, 6.07) is 5.85. The summed E-state index contributed by atoms with van der Waals surface area (Å²) >= 11 is 4.63. The first-order valence-electron chi connectivity index (χ1n) is 4.95. The van der Waals surface area contributed by atoms with E-state index in [4.69, 9.17) is 10.5 Å². The van der Waals surface area contributed by atoms with Gasteiger partial charge < -0.3 is 10.5 Å². The summed E-state index contributed by atoms with van der Waals surface area (Å²) in [4.78, 5) is 0. The molecule has 5 heteroatoms. The second kappa shape index (κ2) is 6.07. The molecule has 0 unspecified atom stereocenters. The average Bonchev–Trinajstić information content (AvgIpc) is 2.22. The van der Waals surface area contributed by atoms with Gasteiger partial charge in [-0.3, -0.25) is 5.43 Å². The van der Waals surface area contributed by atoms with Crippen molar-refractivity contribution < 1.29 is 4.74 Å². The van der Waals surface area contributed by atoms with Crippen LogP contribution >= 0.6 is 12.2 Å². The topological polar surface area (TPSA) is 59.6 Å². The third kappa shape index (κ3) is 3.86.